The lowest BCUT2D eigenvalue weighted by Gasteiger charge is -2.27. The monoisotopic (exact) mass is 372 g/mol. The van der Waals surface area contributed by atoms with Gasteiger partial charge in [0, 0.05) is 19.0 Å². The van der Waals surface area contributed by atoms with Crippen LogP contribution in [0.5, 0.6) is 0 Å². The van der Waals surface area contributed by atoms with Crippen LogP contribution in [0.3, 0.4) is 0 Å². The van der Waals surface area contributed by atoms with Gasteiger partial charge in [0.25, 0.3) is 5.56 Å². The van der Waals surface area contributed by atoms with Crippen LogP contribution in [0, 0.1) is 5.41 Å². The number of nitrogens with zero attached hydrogens (tertiary/aromatic N) is 6. The Morgan fingerprint density at radius 2 is 1.96 bits per heavy atom. The zero-order valence-electron chi connectivity index (χ0n) is 16.3. The fraction of sp³-hybridized carbons (Fsp3) is 0.500. The van der Waals surface area contributed by atoms with Crippen LogP contribution < -0.4 is 16.3 Å². The molecule has 3 rings (SSSR count). The molecule has 0 aromatic carbocycles. The van der Waals surface area contributed by atoms with Crippen molar-refractivity contribution in [1.82, 2.24) is 18.7 Å². The zero-order chi connectivity index (χ0) is 20.1. The number of aromatic nitrogens is 4. The summed E-state index contributed by atoms with van der Waals surface area (Å²) in [6.07, 6.45) is 1.50. The first-order valence-electron chi connectivity index (χ1n) is 8.72. The molecule has 0 fully saturated rings. The van der Waals surface area contributed by atoms with Crippen LogP contribution in [0.2, 0.25) is 0 Å². The van der Waals surface area contributed by atoms with Crippen LogP contribution in [-0.2, 0) is 24.9 Å². The number of Topliss-reactive ketones (excluding diaryl/α,β-unsaturated/α-hetero) is 1. The molecule has 1 aliphatic rings. The molecule has 9 nitrogen and oxygen atoms in total. The Bertz CT molecular complexity index is 1090. The van der Waals surface area contributed by atoms with Crippen molar-refractivity contribution >= 4 is 28.6 Å². The lowest BCUT2D eigenvalue weighted by molar-refractivity contribution is -0.124. The summed E-state index contributed by atoms with van der Waals surface area (Å²) < 4.78 is 4.18. The number of carbonyl (C=O) groups is 1. The van der Waals surface area contributed by atoms with E-state index in [4.69, 9.17) is 0 Å². The van der Waals surface area contributed by atoms with Gasteiger partial charge in [-0.05, 0) is 6.92 Å². The molecule has 0 unspecified atom stereocenters. The van der Waals surface area contributed by atoms with Gasteiger partial charge in [0.05, 0.1) is 12.3 Å². The van der Waals surface area contributed by atoms with Gasteiger partial charge in [0.2, 0.25) is 5.95 Å². The number of hydrazone groups is 1. The van der Waals surface area contributed by atoms with E-state index in [2.05, 4.69) is 16.7 Å². The van der Waals surface area contributed by atoms with Crippen LogP contribution in [0.15, 0.2) is 27.3 Å². The van der Waals surface area contributed by atoms with E-state index >= 15 is 0 Å². The molecule has 2 aromatic heterocycles. The summed E-state index contributed by atoms with van der Waals surface area (Å²) in [5.74, 6) is 0.383. The third-order valence-electron chi connectivity index (χ3n) is 4.56. The van der Waals surface area contributed by atoms with Crippen LogP contribution in [-0.4, -0.2) is 36.7 Å². The maximum absolute atomic E-state index is 12.9. The Kier molecular flexibility index (Phi) is 4.41. The number of imidazole rings is 1. The highest BCUT2D eigenvalue weighted by Crippen LogP contribution is 2.25. The number of ketones is 1. The third-order valence-corrected chi connectivity index (χ3v) is 4.56. The summed E-state index contributed by atoms with van der Waals surface area (Å²) in [6.45, 7) is 11.5. The molecule has 0 bridgehead atoms. The lowest BCUT2D eigenvalue weighted by atomic mass is 9.91. The van der Waals surface area contributed by atoms with Crippen molar-refractivity contribution in [3.05, 3.63) is 33.5 Å². The van der Waals surface area contributed by atoms with Crippen LogP contribution in [0.1, 0.15) is 27.7 Å². The molecule has 0 N–H and O–H groups in total. The second kappa shape index (κ2) is 6.33. The van der Waals surface area contributed by atoms with Gasteiger partial charge >= 0.3 is 5.69 Å². The number of anilines is 1. The molecule has 2 aromatic rings. The van der Waals surface area contributed by atoms with Gasteiger partial charge in [0.1, 0.15) is 6.54 Å². The average molecular weight is 372 g/mol. The summed E-state index contributed by atoms with van der Waals surface area (Å²) in [5.41, 5.74) is -0.0791. The van der Waals surface area contributed by atoms with Crippen LogP contribution in [0.25, 0.3) is 11.2 Å². The van der Waals surface area contributed by atoms with Crippen molar-refractivity contribution in [3.63, 3.8) is 0 Å². The molecule has 0 radical (unpaired) electrons. The van der Waals surface area contributed by atoms with Gasteiger partial charge in [0.15, 0.2) is 16.9 Å². The fourth-order valence-electron chi connectivity index (χ4n) is 2.99. The standard InChI is InChI=1S/C18H24N6O3/c1-7-8-22-15(26)13-14(21(6)17(22)27)19-16-23(13)9-11(2)20-24(16)10-12(25)18(3,4)5/h7H,1,8-10H2,2-6H3. The van der Waals surface area contributed by atoms with E-state index in [1.165, 1.54) is 15.7 Å². The van der Waals surface area contributed by atoms with E-state index in [1.54, 1.807) is 11.6 Å². The Balaban J connectivity index is 2.25. The zero-order valence-corrected chi connectivity index (χ0v) is 16.3. The smallest absolute Gasteiger partial charge is 0.297 e. The Labute approximate surface area is 156 Å². The number of aryl methyl sites for hydroxylation is 1. The molecule has 9 heteroatoms. The molecule has 0 saturated heterocycles. The summed E-state index contributed by atoms with van der Waals surface area (Å²) in [6, 6.07) is 0. The minimum atomic E-state index is -0.527. The van der Waals surface area contributed by atoms with Gasteiger partial charge < -0.3 is 0 Å². The van der Waals surface area contributed by atoms with E-state index in [-0.39, 0.29) is 24.5 Å². The predicted molar refractivity (Wildman–Crippen MR) is 104 cm³/mol. The fourth-order valence-corrected chi connectivity index (χ4v) is 2.99. The van der Waals surface area contributed by atoms with Crippen molar-refractivity contribution in [3.8, 4) is 0 Å². The van der Waals surface area contributed by atoms with Crippen LogP contribution >= 0.6 is 0 Å². The Hall–Kier alpha value is -2.97. The average Bonchev–Trinajstić information content (AvgIpc) is 2.95. The summed E-state index contributed by atoms with van der Waals surface area (Å²) in [5, 5.41) is 5.95. The molecular weight excluding hydrogens is 348 g/mol. The van der Waals surface area contributed by atoms with E-state index in [1.807, 2.05) is 27.7 Å². The molecule has 0 aliphatic carbocycles. The summed E-state index contributed by atoms with van der Waals surface area (Å²) in [4.78, 5) is 42.4. The maximum atomic E-state index is 12.9. The number of hydrogen-bond acceptors (Lipinski definition) is 6. The van der Waals surface area contributed by atoms with Crippen molar-refractivity contribution in [2.45, 2.75) is 40.8 Å². The number of fused-ring (bicyclic) bond motifs is 3. The Morgan fingerprint density at radius 3 is 2.56 bits per heavy atom. The van der Waals surface area contributed by atoms with Crippen molar-refractivity contribution < 1.29 is 4.79 Å². The minimum absolute atomic E-state index is 0.00230. The number of allylic oxidation sites excluding steroid dienone is 1. The van der Waals surface area contributed by atoms with E-state index in [9.17, 15) is 14.4 Å². The molecule has 0 atom stereocenters. The van der Waals surface area contributed by atoms with E-state index in [0.717, 1.165) is 10.3 Å². The van der Waals surface area contributed by atoms with Gasteiger partial charge in [-0.3, -0.25) is 23.3 Å². The predicted octanol–water partition coefficient (Wildman–Crippen LogP) is 0.894. The minimum Gasteiger partial charge on any atom is -0.297 e. The van der Waals surface area contributed by atoms with E-state index in [0.29, 0.717) is 18.0 Å². The largest absolute Gasteiger partial charge is 0.332 e. The first-order valence-corrected chi connectivity index (χ1v) is 8.72. The van der Waals surface area contributed by atoms with Crippen molar-refractivity contribution in [1.29, 1.82) is 0 Å². The second-order valence-electron chi connectivity index (χ2n) is 7.78. The normalized spacial score (nSPS) is 14.3. The first kappa shape index (κ1) is 18.8. The van der Waals surface area contributed by atoms with Gasteiger partial charge in [-0.25, -0.2) is 9.80 Å². The SMILES string of the molecule is C=CCn1c(=O)c2c(nc3n2CC(C)=NN3CC(=O)C(C)(C)C)n(C)c1=O. The third kappa shape index (κ3) is 3.02. The first-order chi connectivity index (χ1) is 12.6. The highest BCUT2D eigenvalue weighted by Gasteiger charge is 2.30. The van der Waals surface area contributed by atoms with Crippen LogP contribution in [0.4, 0.5) is 5.95 Å². The molecule has 0 amide bonds. The number of carbonyl (C=O) groups excluding carboxylic acids is 1. The Morgan fingerprint density at radius 1 is 1.30 bits per heavy atom. The molecule has 27 heavy (non-hydrogen) atoms. The van der Waals surface area contributed by atoms with Gasteiger partial charge in [-0.1, -0.05) is 26.8 Å². The quantitative estimate of drug-likeness (QED) is 0.743. The van der Waals surface area contributed by atoms with Gasteiger partial charge in [-0.2, -0.15) is 10.1 Å². The number of hydrogen-bond donors (Lipinski definition) is 0. The molecule has 3 heterocycles. The molecular formula is C18H24N6O3. The number of rotatable bonds is 4. The highest BCUT2D eigenvalue weighted by molar-refractivity contribution is 5.91. The second-order valence-corrected chi connectivity index (χ2v) is 7.78. The highest BCUT2D eigenvalue weighted by atomic mass is 16.2. The van der Waals surface area contributed by atoms with Crippen molar-refractivity contribution in [2.24, 2.45) is 17.6 Å². The van der Waals surface area contributed by atoms with E-state index < -0.39 is 16.7 Å². The summed E-state index contributed by atoms with van der Waals surface area (Å²) in [7, 11) is 1.57. The molecule has 144 valence electrons. The summed E-state index contributed by atoms with van der Waals surface area (Å²) >= 11 is 0. The molecule has 0 spiro atoms. The maximum Gasteiger partial charge on any atom is 0.332 e. The van der Waals surface area contributed by atoms with Crippen molar-refractivity contribution in [2.75, 3.05) is 11.6 Å². The topological polar surface area (TPSA) is 94.5 Å². The molecule has 1 aliphatic heterocycles. The lowest BCUT2D eigenvalue weighted by Crippen LogP contribution is -2.40. The molecule has 0 saturated carbocycles. The van der Waals surface area contributed by atoms with Gasteiger partial charge in [-0.15, -0.1) is 6.58 Å².